The average Bonchev–Trinajstić information content (AvgIpc) is 3.14. The lowest BCUT2D eigenvalue weighted by Crippen LogP contribution is -2.30. The second-order valence-corrected chi connectivity index (χ2v) is 5.92. The van der Waals surface area contributed by atoms with Crippen molar-refractivity contribution in [2.75, 3.05) is 6.73 Å². The van der Waals surface area contributed by atoms with Crippen LogP contribution in [-0.4, -0.2) is 29.5 Å². The minimum Gasteiger partial charge on any atom is -0.441 e. The summed E-state index contributed by atoms with van der Waals surface area (Å²) in [6.07, 6.45) is -0.745. The molecule has 8 heteroatoms. The molecule has 2 heterocycles. The first-order valence-electron chi connectivity index (χ1n) is 7.78. The Balaban J connectivity index is 1.84. The molecular weight excluding hydrogens is 329 g/mol. The van der Waals surface area contributed by atoms with E-state index < -0.39 is 29.7 Å². The van der Waals surface area contributed by atoms with Crippen LogP contribution in [0.2, 0.25) is 0 Å². The van der Waals surface area contributed by atoms with Gasteiger partial charge in [-0.25, -0.2) is 9.37 Å². The van der Waals surface area contributed by atoms with Crippen molar-refractivity contribution in [2.45, 2.75) is 32.4 Å². The zero-order valence-electron chi connectivity index (χ0n) is 13.8. The minimum atomic E-state index is -1.01. The fourth-order valence-electron chi connectivity index (χ4n) is 2.75. The average molecular weight is 347 g/mol. The van der Waals surface area contributed by atoms with Gasteiger partial charge in [0.1, 0.15) is 11.6 Å². The summed E-state index contributed by atoms with van der Waals surface area (Å²) in [5.74, 6) is -1.37. The molecule has 0 saturated carbocycles. The van der Waals surface area contributed by atoms with E-state index in [0.29, 0.717) is 17.0 Å². The smallest absolute Gasteiger partial charge is 0.284 e. The van der Waals surface area contributed by atoms with Gasteiger partial charge in [0, 0.05) is 6.42 Å². The Bertz CT molecular complexity index is 814. The molecule has 3 N–H and O–H groups in total. The highest BCUT2D eigenvalue weighted by atomic mass is 19.1. The normalized spacial score (nSPS) is 20.0. The lowest BCUT2D eigenvalue weighted by molar-refractivity contribution is -0.137. The number of hydrogen-bond acceptors (Lipinski definition) is 6. The van der Waals surface area contributed by atoms with Crippen molar-refractivity contribution in [3.05, 3.63) is 41.0 Å². The predicted molar refractivity (Wildman–Crippen MR) is 85.8 cm³/mol. The number of hydrogen-bond donors (Lipinski definition) is 2. The van der Waals surface area contributed by atoms with Gasteiger partial charge in [-0.2, -0.15) is 0 Å². The van der Waals surface area contributed by atoms with E-state index in [4.69, 9.17) is 14.9 Å². The quantitative estimate of drug-likeness (QED) is 0.794. The molecule has 3 rings (SSSR count). The molecule has 132 valence electrons. The van der Waals surface area contributed by atoms with Crippen LogP contribution in [0.5, 0.6) is 0 Å². The van der Waals surface area contributed by atoms with Crippen molar-refractivity contribution >= 4 is 11.7 Å². The second-order valence-electron chi connectivity index (χ2n) is 5.92. The molecule has 1 amide bonds. The molecule has 0 aliphatic carbocycles. The Morgan fingerprint density at radius 3 is 2.76 bits per heavy atom. The molecule has 1 fully saturated rings. The van der Waals surface area contributed by atoms with E-state index in [-0.39, 0.29) is 24.6 Å². The number of Topliss-reactive ketones (excluding diaryl/α,β-unsaturated/α-hetero) is 1. The summed E-state index contributed by atoms with van der Waals surface area (Å²) in [4.78, 5) is 26.7. The largest absolute Gasteiger partial charge is 0.441 e. The van der Waals surface area contributed by atoms with Crippen molar-refractivity contribution in [3.8, 4) is 11.5 Å². The Morgan fingerprint density at radius 2 is 2.16 bits per heavy atom. The maximum Gasteiger partial charge on any atom is 0.284 e. The summed E-state index contributed by atoms with van der Waals surface area (Å²) < 4.78 is 25.4. The topological polar surface area (TPSA) is 107 Å². The van der Waals surface area contributed by atoms with Crippen molar-refractivity contribution < 1.29 is 23.1 Å². The molecule has 1 saturated heterocycles. The summed E-state index contributed by atoms with van der Waals surface area (Å²) >= 11 is 0. The predicted octanol–water partition coefficient (Wildman–Crippen LogP) is 1.53. The molecule has 0 spiro atoms. The number of oxazole rings is 1. The number of rotatable bonds is 5. The zero-order chi connectivity index (χ0) is 18.1. The van der Waals surface area contributed by atoms with E-state index in [1.807, 2.05) is 0 Å². The number of nitrogens with zero attached hydrogens (tertiary/aromatic N) is 1. The molecule has 0 radical (unpaired) electrons. The summed E-state index contributed by atoms with van der Waals surface area (Å²) in [6, 6.07) is 4.21. The minimum absolute atomic E-state index is 0.158. The van der Waals surface area contributed by atoms with Crippen molar-refractivity contribution in [1.82, 2.24) is 10.3 Å². The number of benzene rings is 1. The Hall–Kier alpha value is -2.58. The molecule has 2 unspecified atom stereocenters. The van der Waals surface area contributed by atoms with Crippen LogP contribution in [0.15, 0.2) is 22.6 Å². The molecule has 7 nitrogen and oxygen atoms in total. The number of nitrogens with two attached hydrogens (primary N) is 1. The lowest BCUT2D eigenvalue weighted by Gasteiger charge is -2.18. The van der Waals surface area contributed by atoms with E-state index in [9.17, 15) is 14.0 Å². The number of nitrogens with one attached hydrogen (secondary N) is 1. The van der Waals surface area contributed by atoms with Crippen molar-refractivity contribution in [3.63, 3.8) is 0 Å². The number of aryl methyl sites for hydroxylation is 2. The number of ether oxygens (including phenoxy) is 1. The van der Waals surface area contributed by atoms with Crippen LogP contribution < -0.4 is 11.1 Å². The van der Waals surface area contributed by atoms with Crippen molar-refractivity contribution in [2.24, 2.45) is 5.73 Å². The molecule has 1 aromatic heterocycles. The van der Waals surface area contributed by atoms with Gasteiger partial charge in [-0.1, -0.05) is 6.07 Å². The maximum absolute atomic E-state index is 14.5. The molecule has 1 aliphatic rings. The van der Waals surface area contributed by atoms with Gasteiger partial charge in [-0.05, 0) is 31.5 Å². The van der Waals surface area contributed by atoms with E-state index in [0.717, 1.165) is 0 Å². The van der Waals surface area contributed by atoms with Crippen molar-refractivity contribution in [1.29, 1.82) is 0 Å². The first kappa shape index (κ1) is 17.2. The summed E-state index contributed by atoms with van der Waals surface area (Å²) in [7, 11) is 0. The molecular formula is C17H18FN3O4. The van der Waals surface area contributed by atoms with Gasteiger partial charge >= 0.3 is 0 Å². The van der Waals surface area contributed by atoms with Gasteiger partial charge in [0.2, 0.25) is 11.7 Å². The summed E-state index contributed by atoms with van der Waals surface area (Å²) in [5.41, 5.74) is 6.53. The molecule has 1 aliphatic heterocycles. The third-order valence-corrected chi connectivity index (χ3v) is 4.25. The van der Waals surface area contributed by atoms with Crippen LogP contribution in [0.4, 0.5) is 4.39 Å². The fourth-order valence-corrected chi connectivity index (χ4v) is 2.75. The third-order valence-electron chi connectivity index (χ3n) is 4.25. The van der Waals surface area contributed by atoms with Gasteiger partial charge in [0.05, 0.1) is 30.1 Å². The van der Waals surface area contributed by atoms with Crippen LogP contribution in [-0.2, 0) is 14.3 Å². The van der Waals surface area contributed by atoms with Crippen LogP contribution >= 0.6 is 0 Å². The first-order valence-corrected chi connectivity index (χ1v) is 7.78. The SMILES string of the molecule is Cc1nc(-c2ccc(C3NCOC3CC(=O)C(N)=O)cc2F)oc1C. The fraction of sp³-hybridized carbons (Fsp3) is 0.353. The van der Waals surface area contributed by atoms with Gasteiger partial charge in [-0.15, -0.1) is 0 Å². The van der Waals surface area contributed by atoms with Crippen LogP contribution in [0.1, 0.15) is 29.5 Å². The van der Waals surface area contributed by atoms with Gasteiger partial charge in [0.15, 0.2) is 0 Å². The van der Waals surface area contributed by atoms with Gasteiger partial charge in [-0.3, -0.25) is 14.9 Å². The highest BCUT2D eigenvalue weighted by Gasteiger charge is 2.32. The van der Waals surface area contributed by atoms with E-state index >= 15 is 0 Å². The number of primary amides is 1. The number of ketones is 1. The van der Waals surface area contributed by atoms with E-state index in [1.165, 1.54) is 6.07 Å². The van der Waals surface area contributed by atoms with Gasteiger partial charge < -0.3 is 14.9 Å². The number of carbonyl (C=O) groups is 2. The Kier molecular flexibility index (Phi) is 4.65. The van der Waals surface area contributed by atoms with Gasteiger partial charge in [0.25, 0.3) is 5.91 Å². The summed E-state index contributed by atoms with van der Waals surface area (Å²) in [6.45, 7) is 3.75. The molecule has 0 bridgehead atoms. The van der Waals surface area contributed by atoms with Crippen LogP contribution in [0.25, 0.3) is 11.5 Å². The lowest BCUT2D eigenvalue weighted by atomic mass is 9.97. The number of amides is 1. The molecule has 2 atom stereocenters. The maximum atomic E-state index is 14.5. The monoisotopic (exact) mass is 347 g/mol. The number of aromatic nitrogens is 1. The Morgan fingerprint density at radius 1 is 1.40 bits per heavy atom. The van der Waals surface area contributed by atoms with E-state index in [1.54, 1.807) is 26.0 Å². The van der Waals surface area contributed by atoms with Crippen LogP contribution in [0.3, 0.4) is 0 Å². The molecule has 1 aromatic carbocycles. The first-order chi connectivity index (χ1) is 11.9. The number of carbonyl (C=O) groups excluding carboxylic acids is 2. The van der Waals surface area contributed by atoms with E-state index in [2.05, 4.69) is 10.3 Å². The second kappa shape index (κ2) is 6.73. The Labute approximate surface area is 143 Å². The van der Waals surface area contributed by atoms with Crippen LogP contribution in [0, 0.1) is 19.7 Å². The molecule has 25 heavy (non-hydrogen) atoms. The highest BCUT2D eigenvalue weighted by Crippen LogP contribution is 2.30. The zero-order valence-corrected chi connectivity index (χ0v) is 13.8. The number of halogens is 1. The highest BCUT2D eigenvalue weighted by molar-refractivity contribution is 6.35. The standard InChI is InChI=1S/C17H18FN3O4/c1-8-9(2)25-17(21-8)11-4-3-10(5-12(11)18)15-14(24-7-20-15)6-13(22)16(19)23/h3-5,14-15,20H,6-7H2,1-2H3,(H2,19,23). The molecule has 2 aromatic rings. The third kappa shape index (κ3) is 3.45. The summed E-state index contributed by atoms with van der Waals surface area (Å²) in [5, 5.41) is 3.03.